The summed E-state index contributed by atoms with van der Waals surface area (Å²) in [5.74, 6) is 0.868. The molecule has 5 nitrogen and oxygen atoms in total. The van der Waals surface area contributed by atoms with Gasteiger partial charge in [0.05, 0.1) is 6.61 Å². The van der Waals surface area contributed by atoms with Crippen LogP contribution in [0.5, 0.6) is 0 Å². The van der Waals surface area contributed by atoms with Gasteiger partial charge in [-0.1, -0.05) is 23.7 Å². The molecule has 0 radical (unpaired) electrons. The second-order valence-corrected chi connectivity index (χ2v) is 7.23. The van der Waals surface area contributed by atoms with Crippen molar-refractivity contribution in [1.29, 1.82) is 0 Å². The number of nitrogens with zero attached hydrogens (tertiary/aromatic N) is 2. The van der Waals surface area contributed by atoms with Gasteiger partial charge in [0.15, 0.2) is 5.96 Å². The minimum absolute atomic E-state index is 0.211. The summed E-state index contributed by atoms with van der Waals surface area (Å²) < 4.78 is 5.09. The molecule has 0 atom stereocenters. The van der Waals surface area contributed by atoms with Gasteiger partial charge in [-0.2, -0.15) is 0 Å². The number of hydrogen-bond donors (Lipinski definition) is 2. The van der Waals surface area contributed by atoms with Crippen LogP contribution in [0.3, 0.4) is 0 Å². The predicted octanol–water partition coefficient (Wildman–Crippen LogP) is 2.50. The molecule has 1 aliphatic rings. The summed E-state index contributed by atoms with van der Waals surface area (Å²) >= 11 is 6.14. The second kappa shape index (κ2) is 10.00. The third kappa shape index (κ3) is 6.49. The van der Waals surface area contributed by atoms with Gasteiger partial charge in [0.25, 0.3) is 0 Å². The zero-order valence-electron chi connectivity index (χ0n) is 15.6. The van der Waals surface area contributed by atoms with Crippen LogP contribution in [0.25, 0.3) is 0 Å². The Morgan fingerprint density at radius 2 is 2.12 bits per heavy atom. The Bertz CT molecular complexity index is 560. The number of ether oxygens (including phenoxy) is 1. The zero-order chi connectivity index (χ0) is 18.1. The van der Waals surface area contributed by atoms with Gasteiger partial charge in [-0.3, -0.25) is 4.99 Å². The van der Waals surface area contributed by atoms with Crippen molar-refractivity contribution < 1.29 is 4.74 Å². The monoisotopic (exact) mass is 366 g/mol. The highest BCUT2D eigenvalue weighted by atomic mass is 35.5. The minimum atomic E-state index is 0.211. The predicted molar refractivity (Wildman–Crippen MR) is 106 cm³/mol. The van der Waals surface area contributed by atoms with Gasteiger partial charge in [0.1, 0.15) is 0 Å². The highest BCUT2D eigenvalue weighted by Crippen LogP contribution is 2.48. The van der Waals surface area contributed by atoms with Crippen molar-refractivity contribution >= 4 is 17.6 Å². The van der Waals surface area contributed by atoms with E-state index >= 15 is 0 Å². The highest BCUT2D eigenvalue weighted by molar-refractivity contribution is 6.30. The molecule has 1 aromatic carbocycles. The molecule has 2 rings (SSSR count). The molecule has 0 saturated heterocycles. The molecule has 1 fully saturated rings. The molecule has 0 spiro atoms. The summed E-state index contributed by atoms with van der Waals surface area (Å²) in [4.78, 5) is 6.61. The van der Waals surface area contributed by atoms with Gasteiger partial charge in [-0.05, 0) is 50.6 Å². The molecule has 1 saturated carbocycles. The number of hydrogen-bond acceptors (Lipinski definition) is 3. The number of aliphatic imine (C=N–C) groups is 1. The molecule has 0 amide bonds. The Morgan fingerprint density at radius 1 is 1.32 bits per heavy atom. The highest BCUT2D eigenvalue weighted by Gasteiger charge is 2.44. The number of halogens is 1. The molecule has 1 aromatic rings. The van der Waals surface area contributed by atoms with E-state index in [-0.39, 0.29) is 5.41 Å². The third-order valence-electron chi connectivity index (χ3n) is 4.79. The molecule has 0 aromatic heterocycles. The summed E-state index contributed by atoms with van der Waals surface area (Å²) in [6.45, 7) is 4.58. The van der Waals surface area contributed by atoms with E-state index in [0.29, 0.717) is 0 Å². The van der Waals surface area contributed by atoms with E-state index in [9.17, 15) is 0 Å². The molecule has 0 heterocycles. The van der Waals surface area contributed by atoms with Crippen molar-refractivity contribution in [2.24, 2.45) is 4.99 Å². The molecule has 25 heavy (non-hydrogen) atoms. The van der Waals surface area contributed by atoms with Crippen LogP contribution in [0, 0.1) is 0 Å². The molecule has 2 N–H and O–H groups in total. The fourth-order valence-electron chi connectivity index (χ4n) is 2.92. The van der Waals surface area contributed by atoms with E-state index in [1.54, 1.807) is 7.11 Å². The number of benzene rings is 1. The fraction of sp³-hybridized carbons (Fsp3) is 0.632. The first-order chi connectivity index (χ1) is 12.1. The maximum Gasteiger partial charge on any atom is 0.191 e. The van der Waals surface area contributed by atoms with Gasteiger partial charge in [-0.15, -0.1) is 0 Å². The lowest BCUT2D eigenvalue weighted by Gasteiger charge is -2.20. The van der Waals surface area contributed by atoms with Crippen LogP contribution >= 0.6 is 11.6 Å². The lowest BCUT2D eigenvalue weighted by molar-refractivity contribution is 0.161. The van der Waals surface area contributed by atoms with Crippen LogP contribution < -0.4 is 10.6 Å². The molecule has 6 heteroatoms. The number of rotatable bonds is 10. The molecule has 0 aliphatic heterocycles. The van der Waals surface area contributed by atoms with Crippen molar-refractivity contribution in [1.82, 2.24) is 15.5 Å². The van der Waals surface area contributed by atoms with E-state index in [4.69, 9.17) is 16.3 Å². The Balaban J connectivity index is 1.70. The van der Waals surface area contributed by atoms with Gasteiger partial charge in [0, 0.05) is 44.2 Å². The Hall–Kier alpha value is -1.30. The van der Waals surface area contributed by atoms with Crippen molar-refractivity contribution in [2.45, 2.75) is 24.7 Å². The average Bonchev–Trinajstić information content (AvgIpc) is 3.40. The maximum absolute atomic E-state index is 6.14. The molecular weight excluding hydrogens is 336 g/mol. The summed E-state index contributed by atoms with van der Waals surface area (Å²) in [5, 5.41) is 7.68. The Morgan fingerprint density at radius 3 is 2.76 bits per heavy atom. The van der Waals surface area contributed by atoms with Crippen LogP contribution in [0.1, 0.15) is 24.8 Å². The molecule has 1 aliphatic carbocycles. The zero-order valence-corrected chi connectivity index (χ0v) is 16.4. The Labute approximate surface area is 156 Å². The van der Waals surface area contributed by atoms with Gasteiger partial charge in [-0.25, -0.2) is 0 Å². The lowest BCUT2D eigenvalue weighted by atomic mass is 9.96. The first-order valence-electron chi connectivity index (χ1n) is 8.98. The lowest BCUT2D eigenvalue weighted by Crippen LogP contribution is -2.42. The van der Waals surface area contributed by atoms with Crippen molar-refractivity contribution in [3.8, 4) is 0 Å². The van der Waals surface area contributed by atoms with E-state index in [1.165, 1.54) is 18.4 Å². The number of nitrogens with one attached hydrogen (secondary N) is 2. The van der Waals surface area contributed by atoms with Crippen LogP contribution in [-0.4, -0.2) is 64.9 Å². The molecular formula is C19H31ClN4O. The van der Waals surface area contributed by atoms with Crippen molar-refractivity contribution in [3.63, 3.8) is 0 Å². The molecule has 0 unspecified atom stereocenters. The quantitative estimate of drug-likeness (QED) is 0.379. The fourth-order valence-corrected chi connectivity index (χ4v) is 3.12. The topological polar surface area (TPSA) is 48.9 Å². The SMILES string of the molecule is CN=C(NCCCN(C)CCOC)NCC1(c2cccc(Cl)c2)CC1. The normalized spacial score (nSPS) is 16.1. The summed E-state index contributed by atoms with van der Waals surface area (Å²) in [5.41, 5.74) is 1.53. The van der Waals surface area contributed by atoms with Gasteiger partial charge in [0.2, 0.25) is 0 Å². The van der Waals surface area contributed by atoms with Crippen LogP contribution in [-0.2, 0) is 10.2 Å². The van der Waals surface area contributed by atoms with Gasteiger partial charge >= 0.3 is 0 Å². The summed E-state index contributed by atoms with van der Waals surface area (Å²) in [6, 6.07) is 8.22. The summed E-state index contributed by atoms with van der Waals surface area (Å²) in [7, 11) is 5.67. The molecule has 140 valence electrons. The van der Waals surface area contributed by atoms with Crippen molar-refractivity contribution in [3.05, 3.63) is 34.9 Å². The smallest absolute Gasteiger partial charge is 0.191 e. The van der Waals surface area contributed by atoms with E-state index in [1.807, 2.05) is 19.2 Å². The minimum Gasteiger partial charge on any atom is -0.383 e. The number of likely N-dealkylation sites (N-methyl/N-ethyl adjacent to an activating group) is 1. The first kappa shape index (κ1) is 20.0. The van der Waals surface area contributed by atoms with E-state index in [2.05, 4.69) is 39.7 Å². The van der Waals surface area contributed by atoms with Crippen LogP contribution in [0.4, 0.5) is 0 Å². The summed E-state index contributed by atoms with van der Waals surface area (Å²) in [6.07, 6.45) is 3.46. The molecule has 0 bridgehead atoms. The van der Waals surface area contributed by atoms with Crippen molar-refractivity contribution in [2.75, 3.05) is 54.0 Å². The van der Waals surface area contributed by atoms with E-state index in [0.717, 1.165) is 50.2 Å². The Kier molecular flexibility index (Phi) is 8.00. The largest absolute Gasteiger partial charge is 0.383 e. The third-order valence-corrected chi connectivity index (χ3v) is 5.03. The maximum atomic E-state index is 6.14. The standard InChI is InChI=1S/C19H31ClN4O/c1-21-18(22-10-5-11-24(2)12-13-25-3)23-15-19(8-9-19)16-6-4-7-17(20)14-16/h4,6-7,14H,5,8-13,15H2,1-3H3,(H2,21,22,23). The average molecular weight is 367 g/mol. The van der Waals surface area contributed by atoms with Gasteiger partial charge < -0.3 is 20.3 Å². The number of methoxy groups -OCH3 is 1. The van der Waals surface area contributed by atoms with Crippen LogP contribution in [0.2, 0.25) is 5.02 Å². The van der Waals surface area contributed by atoms with E-state index < -0.39 is 0 Å². The van der Waals surface area contributed by atoms with Crippen LogP contribution in [0.15, 0.2) is 29.3 Å². The second-order valence-electron chi connectivity index (χ2n) is 6.79. The first-order valence-corrected chi connectivity index (χ1v) is 9.35. The number of guanidine groups is 1.